The molecule has 0 spiro atoms. The van der Waals surface area contributed by atoms with Gasteiger partial charge in [0.1, 0.15) is 0 Å². The van der Waals surface area contributed by atoms with Crippen LogP contribution in [-0.4, -0.2) is 11.0 Å². The van der Waals surface area contributed by atoms with E-state index < -0.39 is 0 Å². The van der Waals surface area contributed by atoms with Gasteiger partial charge in [-0.3, -0.25) is 4.98 Å². The Morgan fingerprint density at radius 3 is 2.67 bits per heavy atom. The van der Waals surface area contributed by atoms with Gasteiger partial charge in [-0.05, 0) is 23.3 Å². The van der Waals surface area contributed by atoms with E-state index in [1.807, 2.05) is 12.3 Å². The van der Waals surface area contributed by atoms with E-state index in [0.29, 0.717) is 6.04 Å². The summed E-state index contributed by atoms with van der Waals surface area (Å²) in [5.41, 5.74) is 4.78. The number of hydrogen-bond acceptors (Lipinski definition) is 2. The molecule has 0 saturated heterocycles. The first-order valence-corrected chi connectivity index (χ1v) is 7.40. The van der Waals surface area contributed by atoms with E-state index in [1.165, 1.54) is 22.1 Å². The van der Waals surface area contributed by atoms with Crippen molar-refractivity contribution in [2.24, 2.45) is 0 Å². The average Bonchev–Trinajstić information content (AvgIpc) is 2.52. The summed E-state index contributed by atoms with van der Waals surface area (Å²) in [6.45, 7) is 5.22. The number of rotatable bonds is 4. The third-order valence-electron chi connectivity index (χ3n) is 3.59. The Hall–Kier alpha value is -2.19. The lowest BCUT2D eigenvalue weighted by Gasteiger charge is -2.10. The second-order valence-corrected chi connectivity index (χ2v) is 5.62. The van der Waals surface area contributed by atoms with Crippen LogP contribution in [0.1, 0.15) is 19.4 Å². The molecule has 0 atom stereocenters. The van der Waals surface area contributed by atoms with Gasteiger partial charge in [-0.15, -0.1) is 0 Å². The molecule has 1 heterocycles. The molecule has 1 aromatic heterocycles. The van der Waals surface area contributed by atoms with Crippen molar-refractivity contribution < 1.29 is 0 Å². The second-order valence-electron chi connectivity index (χ2n) is 5.62. The highest BCUT2D eigenvalue weighted by Crippen LogP contribution is 2.27. The van der Waals surface area contributed by atoms with E-state index in [9.17, 15) is 0 Å². The van der Waals surface area contributed by atoms with Gasteiger partial charge in [-0.2, -0.15) is 0 Å². The minimum atomic E-state index is 0.493. The Morgan fingerprint density at radius 2 is 1.81 bits per heavy atom. The first-order chi connectivity index (χ1) is 10.2. The van der Waals surface area contributed by atoms with Crippen LogP contribution in [0.15, 0.2) is 60.8 Å². The molecule has 0 unspecified atom stereocenters. The highest BCUT2D eigenvalue weighted by atomic mass is 14.9. The highest BCUT2D eigenvalue weighted by molar-refractivity contribution is 5.93. The SMILES string of the molecule is CC(C)NCc1cccc(-c2cccc3cccnc23)c1. The summed E-state index contributed by atoms with van der Waals surface area (Å²) in [7, 11) is 0. The van der Waals surface area contributed by atoms with Crippen molar-refractivity contribution in [2.75, 3.05) is 0 Å². The molecule has 2 aromatic carbocycles. The summed E-state index contributed by atoms with van der Waals surface area (Å²) in [6, 6.07) is 19.6. The van der Waals surface area contributed by atoms with E-state index >= 15 is 0 Å². The zero-order chi connectivity index (χ0) is 14.7. The number of nitrogens with one attached hydrogen (secondary N) is 1. The van der Waals surface area contributed by atoms with E-state index in [1.54, 1.807) is 0 Å². The van der Waals surface area contributed by atoms with Gasteiger partial charge < -0.3 is 5.32 Å². The maximum atomic E-state index is 4.55. The Kier molecular flexibility index (Phi) is 3.98. The van der Waals surface area contributed by atoms with E-state index in [4.69, 9.17) is 0 Å². The van der Waals surface area contributed by atoms with Crippen molar-refractivity contribution in [3.63, 3.8) is 0 Å². The molecule has 0 aliphatic rings. The van der Waals surface area contributed by atoms with Gasteiger partial charge >= 0.3 is 0 Å². The van der Waals surface area contributed by atoms with Crippen LogP contribution >= 0.6 is 0 Å². The molecule has 0 aliphatic carbocycles. The van der Waals surface area contributed by atoms with E-state index in [0.717, 1.165) is 12.1 Å². The number of nitrogens with zero attached hydrogens (tertiary/aromatic N) is 1. The number of benzene rings is 2. The Bertz CT molecular complexity index is 742. The van der Waals surface area contributed by atoms with Crippen molar-refractivity contribution in [1.29, 1.82) is 0 Å². The molecule has 106 valence electrons. The summed E-state index contributed by atoms with van der Waals surface area (Å²) < 4.78 is 0. The second kappa shape index (κ2) is 6.06. The normalized spacial score (nSPS) is 11.2. The van der Waals surface area contributed by atoms with Crippen LogP contribution in [0.5, 0.6) is 0 Å². The number of fused-ring (bicyclic) bond motifs is 1. The molecular formula is C19H20N2. The van der Waals surface area contributed by atoms with Crippen molar-refractivity contribution in [2.45, 2.75) is 26.4 Å². The monoisotopic (exact) mass is 276 g/mol. The predicted octanol–water partition coefficient (Wildman–Crippen LogP) is 4.40. The van der Waals surface area contributed by atoms with Crippen LogP contribution in [0.25, 0.3) is 22.0 Å². The molecule has 0 bridgehead atoms. The van der Waals surface area contributed by atoms with Crippen molar-refractivity contribution in [1.82, 2.24) is 10.3 Å². The molecule has 0 radical (unpaired) electrons. The van der Waals surface area contributed by atoms with Crippen molar-refractivity contribution in [3.05, 3.63) is 66.4 Å². The molecule has 2 heteroatoms. The van der Waals surface area contributed by atoms with Gasteiger partial charge in [0.2, 0.25) is 0 Å². The molecule has 21 heavy (non-hydrogen) atoms. The number of hydrogen-bond donors (Lipinski definition) is 1. The van der Waals surface area contributed by atoms with Gasteiger partial charge in [0.05, 0.1) is 5.52 Å². The molecular weight excluding hydrogens is 256 g/mol. The topological polar surface area (TPSA) is 24.9 Å². The summed E-state index contributed by atoms with van der Waals surface area (Å²) in [5.74, 6) is 0. The zero-order valence-corrected chi connectivity index (χ0v) is 12.5. The number of aromatic nitrogens is 1. The standard InChI is InChI=1S/C19H20N2/c1-14(2)21-13-15-6-3-8-17(12-15)18-10-4-7-16-9-5-11-20-19(16)18/h3-12,14,21H,13H2,1-2H3. The molecule has 2 nitrogen and oxygen atoms in total. The van der Waals surface area contributed by atoms with Crippen LogP contribution in [0.3, 0.4) is 0 Å². The third-order valence-corrected chi connectivity index (χ3v) is 3.59. The maximum Gasteiger partial charge on any atom is 0.0780 e. The van der Waals surface area contributed by atoms with Crippen LogP contribution in [0, 0.1) is 0 Å². The lowest BCUT2D eigenvalue weighted by Crippen LogP contribution is -2.21. The molecule has 3 rings (SSSR count). The Morgan fingerprint density at radius 1 is 1.00 bits per heavy atom. The van der Waals surface area contributed by atoms with Gasteiger partial charge in [-0.1, -0.05) is 56.3 Å². The first kappa shape index (κ1) is 13.8. The fourth-order valence-electron chi connectivity index (χ4n) is 2.51. The Balaban J connectivity index is 2.01. The lowest BCUT2D eigenvalue weighted by molar-refractivity contribution is 0.589. The van der Waals surface area contributed by atoms with E-state index in [-0.39, 0.29) is 0 Å². The molecule has 3 aromatic rings. The quantitative estimate of drug-likeness (QED) is 0.764. The first-order valence-electron chi connectivity index (χ1n) is 7.40. The summed E-state index contributed by atoms with van der Waals surface area (Å²) >= 11 is 0. The number of para-hydroxylation sites is 1. The molecule has 1 N–H and O–H groups in total. The minimum absolute atomic E-state index is 0.493. The summed E-state index contributed by atoms with van der Waals surface area (Å²) in [4.78, 5) is 4.55. The zero-order valence-electron chi connectivity index (χ0n) is 12.5. The van der Waals surface area contributed by atoms with Crippen molar-refractivity contribution in [3.8, 4) is 11.1 Å². The minimum Gasteiger partial charge on any atom is -0.310 e. The Labute approximate surface area is 125 Å². The van der Waals surface area contributed by atoms with Gasteiger partial charge in [0, 0.05) is 29.7 Å². The van der Waals surface area contributed by atoms with Gasteiger partial charge in [0.25, 0.3) is 0 Å². The summed E-state index contributed by atoms with van der Waals surface area (Å²) in [6.07, 6.45) is 1.86. The molecule has 0 saturated carbocycles. The van der Waals surface area contributed by atoms with Crippen LogP contribution in [0.2, 0.25) is 0 Å². The fourth-order valence-corrected chi connectivity index (χ4v) is 2.51. The molecule has 0 fully saturated rings. The maximum absolute atomic E-state index is 4.55. The highest BCUT2D eigenvalue weighted by Gasteiger charge is 2.05. The van der Waals surface area contributed by atoms with Crippen LogP contribution < -0.4 is 5.32 Å². The lowest BCUT2D eigenvalue weighted by atomic mass is 10.00. The largest absolute Gasteiger partial charge is 0.310 e. The summed E-state index contributed by atoms with van der Waals surface area (Å²) in [5, 5.41) is 4.64. The van der Waals surface area contributed by atoms with Gasteiger partial charge in [-0.25, -0.2) is 0 Å². The van der Waals surface area contributed by atoms with Crippen molar-refractivity contribution >= 4 is 10.9 Å². The van der Waals surface area contributed by atoms with E-state index in [2.05, 4.69) is 72.7 Å². The smallest absolute Gasteiger partial charge is 0.0780 e. The molecule has 0 amide bonds. The van der Waals surface area contributed by atoms with Crippen LogP contribution in [-0.2, 0) is 6.54 Å². The molecule has 0 aliphatic heterocycles. The number of pyridine rings is 1. The fraction of sp³-hybridized carbons (Fsp3) is 0.211. The van der Waals surface area contributed by atoms with Crippen LogP contribution in [0.4, 0.5) is 0 Å². The van der Waals surface area contributed by atoms with Gasteiger partial charge in [0.15, 0.2) is 0 Å². The predicted molar refractivity (Wildman–Crippen MR) is 89.2 cm³/mol. The third kappa shape index (κ3) is 3.11. The average molecular weight is 276 g/mol.